The number of thioether (sulfide) groups is 1. The van der Waals surface area contributed by atoms with Crippen LogP contribution in [-0.2, 0) is 19.2 Å². The fourth-order valence-corrected chi connectivity index (χ4v) is 6.31. The molecule has 2 amide bonds. The van der Waals surface area contributed by atoms with Gasteiger partial charge in [-0.25, -0.2) is 9.78 Å². The standard InChI is InChI=1S/C32H31N3O4S2/c1-22-11-12-25(32-33-26-8-5-6-9-27(26)41-32)21-28(22)40-23(2)20-24-15-18-34(19-16-24)17-7-3-4-10-31(38)39-35-29(36)13-14-30(35)37/h5-6,8-9,11-12,15-16,18-21H,2-4,7,10,13-14,17H2,1H3. The van der Waals surface area contributed by atoms with E-state index in [2.05, 4.69) is 60.9 Å². The van der Waals surface area contributed by atoms with Crippen LogP contribution in [0.15, 0.2) is 95.0 Å². The van der Waals surface area contributed by atoms with Gasteiger partial charge in [0.15, 0.2) is 0 Å². The van der Waals surface area contributed by atoms with Gasteiger partial charge in [-0.15, -0.1) is 16.4 Å². The molecule has 0 unspecified atom stereocenters. The molecule has 0 atom stereocenters. The first kappa shape index (κ1) is 28.6. The van der Waals surface area contributed by atoms with Crippen molar-refractivity contribution in [2.24, 2.45) is 0 Å². The second-order valence-corrected chi connectivity index (χ2v) is 12.1. The van der Waals surface area contributed by atoms with Gasteiger partial charge in [0.2, 0.25) is 0 Å². The molecule has 3 aromatic rings. The molecule has 2 aromatic carbocycles. The molecule has 210 valence electrons. The van der Waals surface area contributed by atoms with E-state index in [1.807, 2.05) is 30.6 Å². The summed E-state index contributed by atoms with van der Waals surface area (Å²) >= 11 is 3.36. The summed E-state index contributed by atoms with van der Waals surface area (Å²) in [6.45, 7) is 7.22. The number of allylic oxidation sites excluding steroid dienone is 4. The monoisotopic (exact) mass is 585 g/mol. The second-order valence-electron chi connectivity index (χ2n) is 9.90. The maximum absolute atomic E-state index is 11.9. The zero-order valence-corrected chi connectivity index (χ0v) is 24.5. The first-order valence-corrected chi connectivity index (χ1v) is 15.2. The minimum absolute atomic E-state index is 0.103. The van der Waals surface area contributed by atoms with E-state index in [0.29, 0.717) is 11.5 Å². The van der Waals surface area contributed by atoms with Crippen LogP contribution in [0.1, 0.15) is 44.1 Å². The molecular weight excluding hydrogens is 555 g/mol. The summed E-state index contributed by atoms with van der Waals surface area (Å²) in [4.78, 5) is 48.9. The number of imide groups is 1. The lowest BCUT2D eigenvalue weighted by atomic mass is 10.1. The third-order valence-corrected chi connectivity index (χ3v) is 8.84. The highest BCUT2D eigenvalue weighted by molar-refractivity contribution is 8.03. The molecule has 0 saturated carbocycles. The van der Waals surface area contributed by atoms with Crippen molar-refractivity contribution in [1.29, 1.82) is 0 Å². The summed E-state index contributed by atoms with van der Waals surface area (Å²) in [5.74, 6) is -1.45. The highest BCUT2D eigenvalue weighted by Gasteiger charge is 2.32. The molecule has 5 rings (SSSR count). The normalized spacial score (nSPS) is 14.8. The van der Waals surface area contributed by atoms with Crippen LogP contribution in [-0.4, -0.2) is 39.3 Å². The molecule has 0 spiro atoms. The molecular formula is C32H31N3O4S2. The summed E-state index contributed by atoms with van der Waals surface area (Å²) in [5.41, 5.74) is 4.41. The van der Waals surface area contributed by atoms with Gasteiger partial charge in [0, 0.05) is 53.6 Å². The largest absolute Gasteiger partial charge is 0.354 e. The third-order valence-electron chi connectivity index (χ3n) is 6.71. The smallest absolute Gasteiger partial charge is 0.333 e. The molecule has 1 saturated heterocycles. The van der Waals surface area contributed by atoms with Crippen LogP contribution in [0.5, 0.6) is 0 Å². The van der Waals surface area contributed by atoms with Gasteiger partial charge in [-0.1, -0.05) is 49.0 Å². The Morgan fingerprint density at radius 1 is 1.07 bits per heavy atom. The summed E-state index contributed by atoms with van der Waals surface area (Å²) < 4.78 is 1.19. The van der Waals surface area contributed by atoms with Gasteiger partial charge < -0.3 is 9.74 Å². The fourth-order valence-electron chi connectivity index (χ4n) is 4.46. The number of unbranched alkanes of at least 4 members (excludes halogenated alkanes) is 2. The molecule has 41 heavy (non-hydrogen) atoms. The Labute approximate surface area is 247 Å². The van der Waals surface area contributed by atoms with E-state index >= 15 is 0 Å². The predicted molar refractivity (Wildman–Crippen MR) is 164 cm³/mol. The molecule has 1 aromatic heterocycles. The number of carbonyl (C=O) groups excluding carboxylic acids is 3. The minimum Gasteiger partial charge on any atom is -0.354 e. The summed E-state index contributed by atoms with van der Waals surface area (Å²) in [6.07, 6.45) is 13.1. The first-order valence-electron chi connectivity index (χ1n) is 13.6. The van der Waals surface area contributed by atoms with Crippen LogP contribution in [0, 0.1) is 6.92 Å². The van der Waals surface area contributed by atoms with Crippen LogP contribution in [0.25, 0.3) is 20.8 Å². The average Bonchev–Trinajstić information content (AvgIpc) is 3.53. The average molecular weight is 586 g/mol. The molecule has 2 aliphatic heterocycles. The molecule has 1 fully saturated rings. The quantitative estimate of drug-likeness (QED) is 0.133. The number of para-hydroxylation sites is 1. The Morgan fingerprint density at radius 2 is 1.83 bits per heavy atom. The molecule has 0 N–H and O–H groups in total. The van der Waals surface area contributed by atoms with E-state index in [9.17, 15) is 14.4 Å². The zero-order valence-electron chi connectivity index (χ0n) is 22.9. The van der Waals surface area contributed by atoms with E-state index < -0.39 is 17.8 Å². The van der Waals surface area contributed by atoms with Gasteiger partial charge in [-0.3, -0.25) is 9.59 Å². The van der Waals surface area contributed by atoms with Crippen molar-refractivity contribution >= 4 is 51.1 Å². The number of fused-ring (bicyclic) bond motifs is 1. The Hall–Kier alpha value is -3.95. The van der Waals surface area contributed by atoms with E-state index in [4.69, 9.17) is 9.82 Å². The number of hydrogen-bond donors (Lipinski definition) is 0. The summed E-state index contributed by atoms with van der Waals surface area (Å²) in [5, 5.41) is 1.62. The van der Waals surface area contributed by atoms with E-state index in [0.717, 1.165) is 50.8 Å². The third kappa shape index (κ3) is 7.42. The maximum atomic E-state index is 11.9. The molecule has 2 aliphatic rings. The van der Waals surface area contributed by atoms with Gasteiger partial charge in [0.1, 0.15) is 5.01 Å². The topological polar surface area (TPSA) is 79.8 Å². The van der Waals surface area contributed by atoms with Gasteiger partial charge in [0.25, 0.3) is 11.8 Å². The van der Waals surface area contributed by atoms with Gasteiger partial charge >= 0.3 is 5.97 Å². The molecule has 3 heterocycles. The molecule has 0 radical (unpaired) electrons. The number of nitrogens with zero attached hydrogens (tertiary/aromatic N) is 3. The summed E-state index contributed by atoms with van der Waals surface area (Å²) in [7, 11) is 0. The Balaban J connectivity index is 1.06. The van der Waals surface area contributed by atoms with Crippen LogP contribution in [0.4, 0.5) is 0 Å². The van der Waals surface area contributed by atoms with Crippen molar-refractivity contribution in [2.45, 2.75) is 50.3 Å². The SMILES string of the molecule is C=C(C=C1C=CN(CCCCCC(=O)ON2C(=O)CCC2=O)C=C1)Sc1cc(-c2nc3ccccc3s2)ccc1C. The second kappa shape index (κ2) is 13.1. The van der Waals surface area contributed by atoms with Crippen molar-refractivity contribution < 1.29 is 19.2 Å². The molecule has 0 aliphatic carbocycles. The number of hydrogen-bond acceptors (Lipinski definition) is 8. The Bertz CT molecular complexity index is 1520. The lowest BCUT2D eigenvalue weighted by molar-refractivity contribution is -0.197. The molecule has 7 nitrogen and oxygen atoms in total. The van der Waals surface area contributed by atoms with Crippen molar-refractivity contribution in [1.82, 2.24) is 14.9 Å². The lowest BCUT2D eigenvalue weighted by Gasteiger charge is -2.19. The number of benzene rings is 2. The zero-order chi connectivity index (χ0) is 28.8. The summed E-state index contributed by atoms with van der Waals surface area (Å²) in [6, 6.07) is 14.7. The highest BCUT2D eigenvalue weighted by atomic mass is 32.2. The number of hydroxylamine groups is 2. The minimum atomic E-state index is -0.544. The number of rotatable bonds is 11. The predicted octanol–water partition coefficient (Wildman–Crippen LogP) is 7.31. The highest BCUT2D eigenvalue weighted by Crippen LogP contribution is 2.36. The Morgan fingerprint density at radius 3 is 2.59 bits per heavy atom. The molecule has 9 heteroatoms. The number of amides is 2. The van der Waals surface area contributed by atoms with Gasteiger partial charge in [-0.05, 0) is 67.3 Å². The van der Waals surface area contributed by atoms with Crippen LogP contribution < -0.4 is 0 Å². The van der Waals surface area contributed by atoms with Gasteiger partial charge in [-0.2, -0.15) is 0 Å². The van der Waals surface area contributed by atoms with Gasteiger partial charge in [0.05, 0.1) is 10.2 Å². The lowest BCUT2D eigenvalue weighted by Crippen LogP contribution is -2.31. The number of aromatic nitrogens is 1. The van der Waals surface area contributed by atoms with Crippen molar-refractivity contribution in [3.8, 4) is 10.6 Å². The van der Waals surface area contributed by atoms with Crippen LogP contribution in [0.3, 0.4) is 0 Å². The number of thiazole rings is 1. The maximum Gasteiger partial charge on any atom is 0.333 e. The number of aryl methyl sites for hydroxylation is 1. The van der Waals surface area contributed by atoms with Crippen molar-refractivity contribution in [2.75, 3.05) is 6.54 Å². The fraction of sp³-hybridized carbons (Fsp3) is 0.250. The van der Waals surface area contributed by atoms with E-state index in [1.165, 1.54) is 10.3 Å². The van der Waals surface area contributed by atoms with E-state index in [-0.39, 0.29) is 19.3 Å². The van der Waals surface area contributed by atoms with Crippen molar-refractivity contribution in [3.05, 3.63) is 95.7 Å². The van der Waals surface area contributed by atoms with Crippen molar-refractivity contribution in [3.63, 3.8) is 0 Å². The van der Waals surface area contributed by atoms with Crippen LogP contribution >= 0.6 is 23.1 Å². The molecule has 0 bridgehead atoms. The number of carbonyl (C=O) groups is 3. The Kier molecular flexibility index (Phi) is 9.16. The first-order chi connectivity index (χ1) is 19.9. The van der Waals surface area contributed by atoms with E-state index in [1.54, 1.807) is 23.1 Å². The van der Waals surface area contributed by atoms with Crippen LogP contribution in [0.2, 0.25) is 0 Å².